The van der Waals surface area contributed by atoms with E-state index in [9.17, 15) is 18.0 Å². The summed E-state index contributed by atoms with van der Waals surface area (Å²) in [6, 6.07) is 11.8. The highest BCUT2D eigenvalue weighted by molar-refractivity contribution is 7.93. The molecule has 1 N–H and O–H groups in total. The zero-order chi connectivity index (χ0) is 25.4. The van der Waals surface area contributed by atoms with E-state index in [0.29, 0.717) is 27.3 Å². The summed E-state index contributed by atoms with van der Waals surface area (Å²) in [4.78, 5) is 26.3. The average Bonchev–Trinajstić information content (AvgIpc) is 3.36. The minimum Gasteiger partial charge on any atom is -0.462 e. The molecular weight excluding hydrogens is 540 g/mol. The Balaban J connectivity index is 1.48. The molecule has 1 aliphatic carbocycles. The number of anilines is 1. The molecule has 2 aromatic carbocycles. The number of aromatic nitrogens is 1. The highest BCUT2D eigenvalue weighted by Gasteiger charge is 2.29. The minimum atomic E-state index is -4.01. The van der Waals surface area contributed by atoms with E-state index >= 15 is 0 Å². The summed E-state index contributed by atoms with van der Waals surface area (Å²) in [5, 5.41) is 0.898. The molecule has 0 saturated heterocycles. The number of benzene rings is 2. The SMILES string of the molecule is CCOC(=O)c1c(NS(=O)(=O)c2ccc3c(c2)sc(=O)n3Cc2ccc(Cl)cc2)sc2c1CCCC2. The van der Waals surface area contributed by atoms with Crippen molar-refractivity contribution in [2.24, 2.45) is 0 Å². The molecule has 0 atom stereocenters. The molecule has 0 spiro atoms. The first kappa shape index (κ1) is 25.0. The standard InChI is InChI=1S/C25H23ClN2O5S3/c1-2-33-24(29)22-18-5-3-4-6-20(18)34-23(22)27-36(31,32)17-11-12-19-21(13-17)35-25(30)28(19)14-15-7-9-16(26)10-8-15/h7-13,27H,2-6,14H2,1H3. The monoisotopic (exact) mass is 562 g/mol. The highest BCUT2D eigenvalue weighted by atomic mass is 35.5. The van der Waals surface area contributed by atoms with Crippen LogP contribution >= 0.6 is 34.3 Å². The zero-order valence-corrected chi connectivity index (χ0v) is 22.6. The van der Waals surface area contributed by atoms with Gasteiger partial charge in [0, 0.05) is 9.90 Å². The minimum absolute atomic E-state index is 0.0241. The molecule has 0 aliphatic heterocycles. The first-order valence-corrected chi connectivity index (χ1v) is 15.0. The van der Waals surface area contributed by atoms with Crippen LogP contribution in [0.5, 0.6) is 0 Å². The topological polar surface area (TPSA) is 94.5 Å². The molecule has 0 saturated carbocycles. The molecule has 0 fully saturated rings. The lowest BCUT2D eigenvalue weighted by Crippen LogP contribution is -2.16. The summed E-state index contributed by atoms with van der Waals surface area (Å²) in [6.07, 6.45) is 3.49. The molecule has 1 aliphatic rings. The second kappa shape index (κ2) is 10.0. The second-order valence-electron chi connectivity index (χ2n) is 8.45. The van der Waals surface area contributed by atoms with E-state index in [-0.39, 0.29) is 21.4 Å². The van der Waals surface area contributed by atoms with Crippen LogP contribution in [-0.4, -0.2) is 25.6 Å². The van der Waals surface area contributed by atoms with Crippen LogP contribution in [0.25, 0.3) is 10.2 Å². The van der Waals surface area contributed by atoms with Gasteiger partial charge in [-0.25, -0.2) is 13.2 Å². The number of nitrogens with one attached hydrogen (secondary N) is 1. The van der Waals surface area contributed by atoms with Gasteiger partial charge in [-0.05, 0) is 74.1 Å². The van der Waals surface area contributed by atoms with Crippen LogP contribution < -0.4 is 9.60 Å². The van der Waals surface area contributed by atoms with Crippen LogP contribution in [-0.2, 0) is 34.1 Å². The van der Waals surface area contributed by atoms with Crippen molar-refractivity contribution in [3.8, 4) is 0 Å². The molecule has 4 aromatic rings. The second-order valence-corrected chi connectivity index (χ2v) is 12.7. The lowest BCUT2D eigenvalue weighted by atomic mass is 9.95. The van der Waals surface area contributed by atoms with E-state index in [0.717, 1.165) is 53.0 Å². The molecule has 0 unspecified atom stereocenters. The van der Waals surface area contributed by atoms with Crippen LogP contribution in [0.2, 0.25) is 5.02 Å². The number of nitrogens with zero attached hydrogens (tertiary/aromatic N) is 1. The molecule has 36 heavy (non-hydrogen) atoms. The zero-order valence-electron chi connectivity index (χ0n) is 19.4. The van der Waals surface area contributed by atoms with Gasteiger partial charge in [0.05, 0.1) is 33.8 Å². The molecule has 188 valence electrons. The number of thiophene rings is 1. The predicted octanol–water partition coefficient (Wildman–Crippen LogP) is 5.68. The van der Waals surface area contributed by atoms with Gasteiger partial charge in [-0.2, -0.15) is 0 Å². The molecule has 11 heteroatoms. The van der Waals surface area contributed by atoms with Gasteiger partial charge in [0.2, 0.25) is 0 Å². The Labute approximate surface area is 221 Å². The summed E-state index contributed by atoms with van der Waals surface area (Å²) in [6.45, 7) is 2.28. The predicted molar refractivity (Wildman–Crippen MR) is 144 cm³/mol. The van der Waals surface area contributed by atoms with Crippen molar-refractivity contribution in [2.75, 3.05) is 11.3 Å². The van der Waals surface area contributed by atoms with Crippen LogP contribution in [0.3, 0.4) is 0 Å². The van der Waals surface area contributed by atoms with E-state index in [1.165, 1.54) is 23.5 Å². The van der Waals surface area contributed by atoms with Crippen molar-refractivity contribution in [3.05, 3.63) is 78.7 Å². The smallest absolute Gasteiger partial charge is 0.341 e. The maximum absolute atomic E-state index is 13.4. The Bertz CT molecular complexity index is 1620. The summed E-state index contributed by atoms with van der Waals surface area (Å²) < 4.78 is 36.7. The van der Waals surface area contributed by atoms with E-state index < -0.39 is 16.0 Å². The number of rotatable bonds is 7. The Kier molecular flexibility index (Phi) is 6.95. The van der Waals surface area contributed by atoms with E-state index in [2.05, 4.69) is 4.72 Å². The van der Waals surface area contributed by atoms with Gasteiger partial charge in [0.15, 0.2) is 0 Å². The molecule has 5 rings (SSSR count). The number of hydrogen-bond acceptors (Lipinski definition) is 7. The number of esters is 1. The Hall–Kier alpha value is -2.66. The summed E-state index contributed by atoms with van der Waals surface area (Å²) in [7, 11) is -4.01. The van der Waals surface area contributed by atoms with Gasteiger partial charge in [0.1, 0.15) is 5.00 Å². The third kappa shape index (κ3) is 4.82. The number of ether oxygens (including phenoxy) is 1. The van der Waals surface area contributed by atoms with Crippen LogP contribution in [0, 0.1) is 0 Å². The van der Waals surface area contributed by atoms with Gasteiger partial charge in [-0.15, -0.1) is 11.3 Å². The number of thiazole rings is 1. The van der Waals surface area contributed by atoms with E-state index in [1.807, 2.05) is 12.1 Å². The molecule has 0 radical (unpaired) electrons. The number of fused-ring (bicyclic) bond motifs is 2. The van der Waals surface area contributed by atoms with Crippen molar-refractivity contribution in [1.82, 2.24) is 4.57 Å². The maximum atomic E-state index is 13.4. The molecule has 0 bridgehead atoms. The van der Waals surface area contributed by atoms with Crippen LogP contribution in [0.4, 0.5) is 5.00 Å². The fourth-order valence-electron chi connectivity index (χ4n) is 4.37. The van der Waals surface area contributed by atoms with Crippen molar-refractivity contribution in [2.45, 2.75) is 44.0 Å². The number of carbonyl (C=O) groups is 1. The number of carbonyl (C=O) groups excluding carboxylic acids is 1. The normalized spacial score (nSPS) is 13.5. The van der Waals surface area contributed by atoms with Crippen molar-refractivity contribution in [3.63, 3.8) is 0 Å². The Morgan fingerprint density at radius 2 is 1.86 bits per heavy atom. The summed E-state index contributed by atoms with van der Waals surface area (Å²) in [5.41, 5.74) is 2.76. The van der Waals surface area contributed by atoms with Crippen molar-refractivity contribution < 1.29 is 17.9 Å². The van der Waals surface area contributed by atoms with Gasteiger partial charge >= 0.3 is 10.8 Å². The van der Waals surface area contributed by atoms with Gasteiger partial charge < -0.3 is 4.74 Å². The maximum Gasteiger partial charge on any atom is 0.341 e. The van der Waals surface area contributed by atoms with Crippen LogP contribution in [0.1, 0.15) is 46.1 Å². The largest absolute Gasteiger partial charge is 0.462 e. The summed E-state index contributed by atoms with van der Waals surface area (Å²) >= 11 is 8.25. The van der Waals surface area contributed by atoms with E-state index in [4.69, 9.17) is 16.3 Å². The van der Waals surface area contributed by atoms with E-state index in [1.54, 1.807) is 29.7 Å². The number of hydrogen-bond donors (Lipinski definition) is 1. The fraction of sp³-hybridized carbons (Fsp3) is 0.280. The fourth-order valence-corrected chi connectivity index (χ4v) is 8.11. The molecule has 7 nitrogen and oxygen atoms in total. The third-order valence-corrected chi connectivity index (χ3v) is 9.96. The van der Waals surface area contributed by atoms with Crippen LogP contribution in [0.15, 0.2) is 52.2 Å². The first-order valence-electron chi connectivity index (χ1n) is 11.5. The number of aryl methyl sites for hydroxylation is 1. The average molecular weight is 563 g/mol. The molecule has 2 heterocycles. The lowest BCUT2D eigenvalue weighted by molar-refractivity contribution is 0.0526. The van der Waals surface area contributed by atoms with Crippen molar-refractivity contribution >= 4 is 65.5 Å². The first-order chi connectivity index (χ1) is 17.3. The molecule has 0 amide bonds. The van der Waals surface area contributed by atoms with Crippen molar-refractivity contribution in [1.29, 1.82) is 0 Å². The van der Waals surface area contributed by atoms with Gasteiger partial charge in [0.25, 0.3) is 10.0 Å². The van der Waals surface area contributed by atoms with Gasteiger partial charge in [-0.3, -0.25) is 14.1 Å². The summed E-state index contributed by atoms with van der Waals surface area (Å²) in [5.74, 6) is -0.512. The van der Waals surface area contributed by atoms with Gasteiger partial charge in [-0.1, -0.05) is 35.1 Å². The number of halogens is 1. The number of sulfonamides is 1. The highest BCUT2D eigenvalue weighted by Crippen LogP contribution is 2.39. The Morgan fingerprint density at radius 1 is 1.11 bits per heavy atom. The quantitative estimate of drug-likeness (QED) is 0.292. The third-order valence-electron chi connectivity index (χ3n) is 6.08. The molecular formula is C25H23ClN2O5S3. The molecule has 2 aromatic heterocycles. The lowest BCUT2D eigenvalue weighted by Gasteiger charge is -2.12. The Morgan fingerprint density at radius 3 is 2.61 bits per heavy atom.